The number of halogens is 2. The van der Waals surface area contributed by atoms with Gasteiger partial charge in [0.05, 0.1) is 25.6 Å². The van der Waals surface area contributed by atoms with Gasteiger partial charge in [-0.1, -0.05) is 29.3 Å². The highest BCUT2D eigenvalue weighted by Crippen LogP contribution is 2.31. The number of nitro benzene ring substituents is 1. The second-order valence-corrected chi connectivity index (χ2v) is 6.45. The topological polar surface area (TPSA) is 89.3 Å². The maximum Gasteiger partial charge on any atom is 0.269 e. The summed E-state index contributed by atoms with van der Waals surface area (Å²) in [6, 6.07) is 9.01. The summed E-state index contributed by atoms with van der Waals surface area (Å²) in [6.45, 7) is 0. The molecule has 0 aliphatic heterocycles. The molecule has 0 fully saturated rings. The van der Waals surface area contributed by atoms with Crippen molar-refractivity contribution in [3.05, 3.63) is 62.6 Å². The molecule has 1 N–H and O–H groups in total. The summed E-state index contributed by atoms with van der Waals surface area (Å²) in [5, 5.41) is 10.8. The van der Waals surface area contributed by atoms with E-state index >= 15 is 0 Å². The molecule has 0 amide bonds. The van der Waals surface area contributed by atoms with Gasteiger partial charge in [0.25, 0.3) is 15.7 Å². The van der Waals surface area contributed by atoms with Gasteiger partial charge in [0.1, 0.15) is 0 Å². The zero-order valence-electron chi connectivity index (χ0n) is 10.3. The first-order chi connectivity index (χ1) is 9.81. The van der Waals surface area contributed by atoms with Gasteiger partial charge in [-0.15, -0.1) is 0 Å². The Balaban J connectivity index is 2.36. The Labute approximate surface area is 130 Å². The predicted octanol–water partition coefficient (Wildman–Crippen LogP) is 3.70. The Bertz CT molecular complexity index is 771. The zero-order valence-corrected chi connectivity index (χ0v) is 12.6. The van der Waals surface area contributed by atoms with Crippen molar-refractivity contribution >= 4 is 44.6 Å². The van der Waals surface area contributed by atoms with Gasteiger partial charge in [-0.2, -0.15) is 0 Å². The van der Waals surface area contributed by atoms with Gasteiger partial charge in [0.2, 0.25) is 0 Å². The number of benzene rings is 2. The lowest BCUT2D eigenvalue weighted by Gasteiger charge is -2.11. The summed E-state index contributed by atoms with van der Waals surface area (Å²) in [5.41, 5.74) is -0.149. The van der Waals surface area contributed by atoms with Crippen LogP contribution in [0.1, 0.15) is 0 Å². The van der Waals surface area contributed by atoms with Gasteiger partial charge in [-0.25, -0.2) is 8.42 Å². The van der Waals surface area contributed by atoms with Crippen LogP contribution in [0, 0.1) is 10.1 Å². The van der Waals surface area contributed by atoms with Crippen molar-refractivity contribution in [3.8, 4) is 0 Å². The lowest BCUT2D eigenvalue weighted by molar-refractivity contribution is -0.384. The lowest BCUT2D eigenvalue weighted by Crippen LogP contribution is -2.13. The summed E-state index contributed by atoms with van der Waals surface area (Å²) in [4.78, 5) is 9.80. The third-order valence-corrected chi connectivity index (χ3v) is 4.55. The highest BCUT2D eigenvalue weighted by Gasteiger charge is 2.18. The lowest BCUT2D eigenvalue weighted by atomic mass is 10.3. The fraction of sp³-hybridized carbons (Fsp3) is 0. The smallest absolute Gasteiger partial charge is 0.269 e. The van der Waals surface area contributed by atoms with Crippen molar-refractivity contribution in [1.82, 2.24) is 0 Å². The fourth-order valence-electron chi connectivity index (χ4n) is 1.54. The first-order valence-corrected chi connectivity index (χ1v) is 7.76. The van der Waals surface area contributed by atoms with Crippen molar-refractivity contribution in [3.63, 3.8) is 0 Å². The quantitative estimate of drug-likeness (QED) is 0.674. The van der Waals surface area contributed by atoms with Gasteiger partial charge in [-0.05, 0) is 24.3 Å². The number of nitro groups is 1. The predicted molar refractivity (Wildman–Crippen MR) is 80.4 cm³/mol. The van der Waals surface area contributed by atoms with Gasteiger partial charge in [-0.3, -0.25) is 14.8 Å². The van der Waals surface area contributed by atoms with Gasteiger partial charge < -0.3 is 0 Å². The van der Waals surface area contributed by atoms with Crippen molar-refractivity contribution < 1.29 is 13.3 Å². The molecule has 21 heavy (non-hydrogen) atoms. The first kappa shape index (κ1) is 15.6. The SMILES string of the molecule is O=[N+]([O-])c1ccc(S(=O)(=O)Nc2c(Cl)cccc2Cl)cc1. The molecule has 110 valence electrons. The van der Waals surface area contributed by atoms with Gasteiger partial charge in [0.15, 0.2) is 0 Å². The standard InChI is InChI=1S/C12H8Cl2N2O4S/c13-10-2-1-3-11(14)12(10)15-21(19,20)9-6-4-8(5-7-9)16(17)18/h1-7,15H. The van der Waals surface area contributed by atoms with Crippen LogP contribution < -0.4 is 4.72 Å². The Hall–Kier alpha value is -1.83. The maximum atomic E-state index is 12.2. The minimum absolute atomic E-state index is 0.0548. The highest BCUT2D eigenvalue weighted by atomic mass is 35.5. The molecule has 0 bridgehead atoms. The molecular formula is C12H8Cl2N2O4S. The zero-order chi connectivity index (χ0) is 15.6. The molecule has 2 aromatic rings. The van der Waals surface area contributed by atoms with E-state index in [1.807, 2.05) is 0 Å². The highest BCUT2D eigenvalue weighted by molar-refractivity contribution is 7.92. The molecule has 0 saturated carbocycles. The number of non-ortho nitro benzene ring substituents is 1. The van der Waals surface area contributed by atoms with Crippen LogP contribution in [0.15, 0.2) is 47.4 Å². The second kappa shape index (κ2) is 5.88. The summed E-state index contributed by atoms with van der Waals surface area (Å²) in [7, 11) is -3.94. The van der Waals surface area contributed by atoms with E-state index in [2.05, 4.69) is 4.72 Å². The summed E-state index contributed by atoms with van der Waals surface area (Å²) in [6.07, 6.45) is 0. The number of hydrogen-bond acceptors (Lipinski definition) is 4. The van der Waals surface area contributed by atoms with Crippen LogP contribution in [0.3, 0.4) is 0 Å². The van der Waals surface area contributed by atoms with Gasteiger partial charge in [0, 0.05) is 12.1 Å². The third-order valence-electron chi connectivity index (χ3n) is 2.56. The largest absolute Gasteiger partial charge is 0.277 e. The molecule has 0 aromatic heterocycles. The van der Waals surface area contributed by atoms with Crippen molar-refractivity contribution in [1.29, 1.82) is 0 Å². The number of hydrogen-bond donors (Lipinski definition) is 1. The molecule has 0 unspecified atom stereocenters. The number of para-hydroxylation sites is 1. The van der Waals surface area contributed by atoms with Crippen molar-refractivity contribution in [2.45, 2.75) is 4.90 Å². The monoisotopic (exact) mass is 346 g/mol. The molecule has 0 spiro atoms. The van der Waals surface area contributed by atoms with Crippen LogP contribution in [-0.4, -0.2) is 13.3 Å². The van der Waals surface area contributed by atoms with Crippen LogP contribution in [-0.2, 0) is 10.0 Å². The second-order valence-electron chi connectivity index (χ2n) is 3.95. The molecular weight excluding hydrogens is 339 g/mol. The number of nitrogens with zero attached hydrogens (tertiary/aromatic N) is 1. The molecule has 6 nitrogen and oxygen atoms in total. The number of anilines is 1. The number of sulfonamides is 1. The van der Waals surface area contributed by atoms with E-state index in [4.69, 9.17) is 23.2 Å². The Morgan fingerprint density at radius 2 is 1.52 bits per heavy atom. The average Bonchev–Trinajstić information content (AvgIpc) is 2.43. The molecule has 0 atom stereocenters. The Kier molecular flexibility index (Phi) is 4.36. The molecule has 0 aliphatic carbocycles. The Morgan fingerprint density at radius 3 is 2.00 bits per heavy atom. The molecule has 0 heterocycles. The average molecular weight is 347 g/mol. The van der Waals surface area contributed by atoms with Crippen LogP contribution >= 0.6 is 23.2 Å². The van der Waals surface area contributed by atoms with E-state index in [0.29, 0.717) is 0 Å². The molecule has 2 rings (SSSR count). The van der Waals surface area contributed by atoms with Crippen LogP contribution in [0.2, 0.25) is 10.0 Å². The molecule has 9 heteroatoms. The maximum absolute atomic E-state index is 12.2. The van der Waals surface area contributed by atoms with E-state index in [0.717, 1.165) is 24.3 Å². The summed E-state index contributed by atoms with van der Waals surface area (Å²) >= 11 is 11.8. The summed E-state index contributed by atoms with van der Waals surface area (Å²) < 4.78 is 26.6. The first-order valence-electron chi connectivity index (χ1n) is 5.52. The molecule has 0 radical (unpaired) electrons. The minimum Gasteiger partial charge on any atom is -0.277 e. The van der Waals surface area contributed by atoms with Crippen LogP contribution in [0.5, 0.6) is 0 Å². The normalized spacial score (nSPS) is 11.1. The molecule has 0 aliphatic rings. The summed E-state index contributed by atoms with van der Waals surface area (Å²) in [5.74, 6) is 0. The number of rotatable bonds is 4. The van der Waals surface area contributed by atoms with Crippen LogP contribution in [0.25, 0.3) is 0 Å². The number of nitrogens with one attached hydrogen (secondary N) is 1. The molecule has 0 saturated heterocycles. The van der Waals surface area contributed by atoms with E-state index < -0.39 is 14.9 Å². The minimum atomic E-state index is -3.94. The van der Waals surface area contributed by atoms with Crippen LogP contribution in [0.4, 0.5) is 11.4 Å². The Morgan fingerprint density at radius 1 is 1.00 bits per heavy atom. The van der Waals surface area contributed by atoms with Gasteiger partial charge >= 0.3 is 0 Å². The van der Waals surface area contributed by atoms with Crippen molar-refractivity contribution in [2.75, 3.05) is 4.72 Å². The fourth-order valence-corrected chi connectivity index (χ4v) is 3.24. The molecule has 2 aromatic carbocycles. The van der Waals surface area contributed by atoms with E-state index in [1.165, 1.54) is 12.1 Å². The van der Waals surface area contributed by atoms with Crippen molar-refractivity contribution in [2.24, 2.45) is 0 Å². The van der Waals surface area contributed by atoms with E-state index in [9.17, 15) is 18.5 Å². The van der Waals surface area contributed by atoms with E-state index in [-0.39, 0.29) is 26.3 Å². The third kappa shape index (κ3) is 3.44. The van der Waals surface area contributed by atoms with E-state index in [1.54, 1.807) is 6.07 Å².